The predicted molar refractivity (Wildman–Crippen MR) is 68.7 cm³/mol. The van der Waals surface area contributed by atoms with E-state index in [0.29, 0.717) is 13.0 Å². The SMILES string of the molecule is CCOC(=O)Cc1cccc(C(C)(C)Br)c1. The molecule has 0 spiro atoms. The van der Waals surface area contributed by atoms with Crippen molar-refractivity contribution in [2.24, 2.45) is 0 Å². The van der Waals surface area contributed by atoms with Gasteiger partial charge < -0.3 is 4.74 Å². The van der Waals surface area contributed by atoms with Crippen molar-refractivity contribution >= 4 is 21.9 Å². The normalized spacial score (nSPS) is 11.2. The van der Waals surface area contributed by atoms with Gasteiger partial charge in [0.25, 0.3) is 0 Å². The highest BCUT2D eigenvalue weighted by molar-refractivity contribution is 9.09. The summed E-state index contributed by atoms with van der Waals surface area (Å²) in [5, 5.41) is 0. The fraction of sp³-hybridized carbons (Fsp3) is 0.462. The van der Waals surface area contributed by atoms with Gasteiger partial charge in [-0.25, -0.2) is 0 Å². The smallest absolute Gasteiger partial charge is 0.310 e. The first-order valence-electron chi connectivity index (χ1n) is 5.37. The Morgan fingerprint density at radius 1 is 1.44 bits per heavy atom. The van der Waals surface area contributed by atoms with Gasteiger partial charge in [-0.05, 0) is 31.9 Å². The Labute approximate surface area is 105 Å². The van der Waals surface area contributed by atoms with Gasteiger partial charge in [0, 0.05) is 4.32 Å². The summed E-state index contributed by atoms with van der Waals surface area (Å²) in [6, 6.07) is 7.99. The van der Waals surface area contributed by atoms with Crippen LogP contribution in [0.1, 0.15) is 31.9 Å². The molecule has 0 amide bonds. The summed E-state index contributed by atoms with van der Waals surface area (Å²) in [5.41, 5.74) is 2.15. The fourth-order valence-electron chi connectivity index (χ4n) is 1.43. The van der Waals surface area contributed by atoms with Crippen molar-refractivity contribution in [3.63, 3.8) is 0 Å². The summed E-state index contributed by atoms with van der Waals surface area (Å²) < 4.78 is 4.85. The molecule has 0 aliphatic carbocycles. The van der Waals surface area contributed by atoms with Crippen LogP contribution in [0, 0.1) is 0 Å². The van der Waals surface area contributed by atoms with Crippen LogP contribution in [0.25, 0.3) is 0 Å². The lowest BCUT2D eigenvalue weighted by atomic mass is 9.99. The van der Waals surface area contributed by atoms with Crippen LogP contribution in [-0.2, 0) is 20.3 Å². The third-order valence-corrected chi connectivity index (χ3v) is 2.73. The van der Waals surface area contributed by atoms with E-state index in [-0.39, 0.29) is 10.3 Å². The molecule has 1 aromatic rings. The lowest BCUT2D eigenvalue weighted by Gasteiger charge is -2.17. The fourth-order valence-corrected chi connectivity index (χ4v) is 1.68. The molecule has 0 fully saturated rings. The summed E-state index contributed by atoms with van der Waals surface area (Å²) in [5.74, 6) is -0.174. The van der Waals surface area contributed by atoms with Crippen molar-refractivity contribution in [2.75, 3.05) is 6.61 Å². The van der Waals surface area contributed by atoms with Gasteiger partial charge in [-0.2, -0.15) is 0 Å². The van der Waals surface area contributed by atoms with Crippen LogP contribution < -0.4 is 0 Å². The molecule has 2 nitrogen and oxygen atoms in total. The van der Waals surface area contributed by atoms with Crippen LogP contribution in [0.15, 0.2) is 24.3 Å². The number of halogens is 1. The van der Waals surface area contributed by atoms with E-state index in [0.717, 1.165) is 11.1 Å². The molecule has 0 aliphatic heterocycles. The number of carbonyl (C=O) groups excluding carboxylic acids is 1. The quantitative estimate of drug-likeness (QED) is 0.626. The van der Waals surface area contributed by atoms with Gasteiger partial charge in [0.1, 0.15) is 0 Å². The maximum Gasteiger partial charge on any atom is 0.310 e. The highest BCUT2D eigenvalue weighted by atomic mass is 79.9. The molecule has 0 saturated carbocycles. The number of alkyl halides is 1. The molecule has 0 radical (unpaired) electrons. The summed E-state index contributed by atoms with van der Waals surface area (Å²) >= 11 is 3.60. The van der Waals surface area contributed by atoms with Crippen molar-refractivity contribution in [3.05, 3.63) is 35.4 Å². The zero-order valence-corrected chi connectivity index (χ0v) is 11.5. The first-order chi connectivity index (χ1) is 7.43. The minimum atomic E-state index is -0.174. The van der Waals surface area contributed by atoms with E-state index in [9.17, 15) is 4.79 Å². The Bertz CT molecular complexity index is 366. The number of carbonyl (C=O) groups is 1. The highest BCUT2D eigenvalue weighted by Crippen LogP contribution is 2.30. The zero-order chi connectivity index (χ0) is 12.2. The number of esters is 1. The Morgan fingerprint density at radius 2 is 2.12 bits per heavy atom. The lowest BCUT2D eigenvalue weighted by Crippen LogP contribution is -2.10. The average molecular weight is 285 g/mol. The number of benzene rings is 1. The third kappa shape index (κ3) is 3.97. The van der Waals surface area contributed by atoms with E-state index < -0.39 is 0 Å². The maximum atomic E-state index is 11.3. The van der Waals surface area contributed by atoms with Crippen LogP contribution in [0.4, 0.5) is 0 Å². The van der Waals surface area contributed by atoms with Crippen molar-refractivity contribution in [1.29, 1.82) is 0 Å². The van der Waals surface area contributed by atoms with E-state index in [1.165, 1.54) is 0 Å². The number of hydrogen-bond acceptors (Lipinski definition) is 2. The van der Waals surface area contributed by atoms with Crippen LogP contribution >= 0.6 is 15.9 Å². The second-order valence-electron chi connectivity index (χ2n) is 4.15. The molecule has 0 atom stereocenters. The Kier molecular flexibility index (Phi) is 4.54. The van der Waals surface area contributed by atoms with Gasteiger partial charge >= 0.3 is 5.97 Å². The molecular formula is C13H17BrO2. The molecular weight excluding hydrogens is 268 g/mol. The van der Waals surface area contributed by atoms with Crippen molar-refractivity contribution < 1.29 is 9.53 Å². The van der Waals surface area contributed by atoms with Gasteiger partial charge in [-0.1, -0.05) is 40.2 Å². The molecule has 88 valence electrons. The molecule has 0 saturated heterocycles. The third-order valence-electron chi connectivity index (χ3n) is 2.27. The molecule has 0 bridgehead atoms. The van der Waals surface area contributed by atoms with E-state index in [1.807, 2.05) is 31.2 Å². The molecule has 1 rings (SSSR count). The van der Waals surface area contributed by atoms with Gasteiger partial charge in [-0.3, -0.25) is 4.79 Å². The van der Waals surface area contributed by atoms with Gasteiger partial charge in [-0.15, -0.1) is 0 Å². The van der Waals surface area contributed by atoms with Gasteiger partial charge in [0.2, 0.25) is 0 Å². The Morgan fingerprint density at radius 3 is 2.69 bits per heavy atom. The van der Waals surface area contributed by atoms with E-state index >= 15 is 0 Å². The second kappa shape index (κ2) is 5.48. The highest BCUT2D eigenvalue weighted by Gasteiger charge is 2.16. The number of ether oxygens (including phenoxy) is 1. The Hall–Kier alpha value is -0.830. The summed E-state index contributed by atoms with van der Waals surface area (Å²) in [4.78, 5) is 11.3. The molecule has 1 aromatic carbocycles. The summed E-state index contributed by atoms with van der Waals surface area (Å²) in [7, 11) is 0. The lowest BCUT2D eigenvalue weighted by molar-refractivity contribution is -0.142. The number of rotatable bonds is 4. The molecule has 0 aliphatic rings. The van der Waals surface area contributed by atoms with E-state index in [2.05, 4.69) is 29.8 Å². The van der Waals surface area contributed by atoms with E-state index in [4.69, 9.17) is 4.74 Å². The van der Waals surface area contributed by atoms with Crippen LogP contribution in [0.2, 0.25) is 0 Å². The summed E-state index contributed by atoms with van der Waals surface area (Å²) in [6.07, 6.45) is 0.338. The van der Waals surface area contributed by atoms with Crippen molar-refractivity contribution in [2.45, 2.75) is 31.5 Å². The largest absolute Gasteiger partial charge is 0.466 e. The average Bonchev–Trinajstić information content (AvgIpc) is 2.17. The maximum absolute atomic E-state index is 11.3. The first kappa shape index (κ1) is 13.2. The number of hydrogen-bond donors (Lipinski definition) is 0. The molecule has 0 unspecified atom stereocenters. The second-order valence-corrected chi connectivity index (χ2v) is 6.14. The molecule has 0 N–H and O–H groups in total. The minimum absolute atomic E-state index is 0.0718. The first-order valence-corrected chi connectivity index (χ1v) is 6.16. The van der Waals surface area contributed by atoms with Crippen LogP contribution in [0.5, 0.6) is 0 Å². The van der Waals surface area contributed by atoms with Crippen molar-refractivity contribution in [3.8, 4) is 0 Å². The van der Waals surface area contributed by atoms with Crippen molar-refractivity contribution in [1.82, 2.24) is 0 Å². The predicted octanol–water partition coefficient (Wildman–Crippen LogP) is 3.42. The molecule has 0 heterocycles. The van der Waals surface area contributed by atoms with Crippen LogP contribution in [0.3, 0.4) is 0 Å². The minimum Gasteiger partial charge on any atom is -0.466 e. The van der Waals surface area contributed by atoms with Crippen LogP contribution in [-0.4, -0.2) is 12.6 Å². The van der Waals surface area contributed by atoms with Gasteiger partial charge in [0.15, 0.2) is 0 Å². The Balaban J connectivity index is 2.79. The zero-order valence-electron chi connectivity index (χ0n) is 9.92. The van der Waals surface area contributed by atoms with E-state index in [1.54, 1.807) is 0 Å². The molecule has 16 heavy (non-hydrogen) atoms. The molecule has 0 aromatic heterocycles. The molecule has 3 heteroatoms. The monoisotopic (exact) mass is 284 g/mol. The van der Waals surface area contributed by atoms with Gasteiger partial charge in [0.05, 0.1) is 13.0 Å². The standard InChI is InChI=1S/C13H17BrO2/c1-4-16-12(15)9-10-6-5-7-11(8-10)13(2,3)14/h5-8H,4,9H2,1-3H3. The topological polar surface area (TPSA) is 26.3 Å². The summed E-state index contributed by atoms with van der Waals surface area (Å²) in [6.45, 7) is 6.41.